The molecule has 1 aliphatic rings. The lowest BCUT2D eigenvalue weighted by molar-refractivity contribution is -0.130. The fourth-order valence-corrected chi connectivity index (χ4v) is 6.75. The highest BCUT2D eigenvalue weighted by molar-refractivity contribution is 7.91. The Morgan fingerprint density at radius 2 is 1.72 bits per heavy atom. The molecule has 0 saturated carbocycles. The van der Waals surface area contributed by atoms with Gasteiger partial charge in [-0.15, -0.1) is 0 Å². The van der Waals surface area contributed by atoms with Gasteiger partial charge in [0, 0.05) is 31.6 Å². The number of carbonyl (C=O) groups is 1. The first-order valence-electron chi connectivity index (χ1n) is 15.4. The van der Waals surface area contributed by atoms with E-state index in [9.17, 15) is 13.2 Å². The standard InChI is InChI=1S/C36H39N3O7S/c1-26-9-6-10-27(23-26)25-37-39-35(41)36(19-22-47(42,43)32-13-4-3-5-14-32)33(29-11-7-12-31(24-29)44-2)46-34(38-36)28-15-17-30(18-16-28)45-21-8-20-40/h3-7,9-18,23-24,33,37,40H,8,19-22,25H2,1-2H3,(H,39,41)/t33-,36-/m0/s1. The maximum Gasteiger partial charge on any atom is 0.266 e. The topological polar surface area (TPSA) is 136 Å². The second-order valence-electron chi connectivity index (χ2n) is 11.2. The average Bonchev–Trinajstić information content (AvgIpc) is 3.49. The lowest BCUT2D eigenvalue weighted by Gasteiger charge is -2.30. The van der Waals surface area contributed by atoms with Gasteiger partial charge in [0.2, 0.25) is 5.90 Å². The predicted molar refractivity (Wildman–Crippen MR) is 179 cm³/mol. The molecular formula is C36H39N3O7S. The van der Waals surface area contributed by atoms with Crippen LogP contribution in [0.2, 0.25) is 0 Å². The normalized spacial score (nSPS) is 17.4. The second kappa shape index (κ2) is 15.3. The van der Waals surface area contributed by atoms with Gasteiger partial charge < -0.3 is 19.3 Å². The van der Waals surface area contributed by atoms with Gasteiger partial charge in [-0.1, -0.05) is 60.2 Å². The number of carbonyl (C=O) groups excluding carboxylic acids is 1. The lowest BCUT2D eigenvalue weighted by Crippen LogP contribution is -2.53. The van der Waals surface area contributed by atoms with Gasteiger partial charge in [0.15, 0.2) is 21.5 Å². The molecule has 0 spiro atoms. The molecule has 10 nitrogen and oxygen atoms in total. The molecule has 246 valence electrons. The fourth-order valence-electron chi connectivity index (χ4n) is 5.37. The summed E-state index contributed by atoms with van der Waals surface area (Å²) in [6, 6.07) is 30.2. The Kier molecular flexibility index (Phi) is 10.9. The summed E-state index contributed by atoms with van der Waals surface area (Å²) in [5.74, 6) is 0.433. The zero-order valence-corrected chi connectivity index (χ0v) is 27.2. The summed E-state index contributed by atoms with van der Waals surface area (Å²) >= 11 is 0. The molecule has 47 heavy (non-hydrogen) atoms. The van der Waals surface area contributed by atoms with E-state index in [2.05, 4.69) is 10.9 Å². The number of nitrogens with zero attached hydrogens (tertiary/aromatic N) is 1. The van der Waals surface area contributed by atoms with E-state index in [4.69, 9.17) is 24.3 Å². The van der Waals surface area contributed by atoms with E-state index in [1.54, 1.807) is 73.8 Å². The highest BCUT2D eigenvalue weighted by atomic mass is 32.2. The number of aryl methyl sites for hydroxylation is 1. The summed E-state index contributed by atoms with van der Waals surface area (Å²) in [5, 5.41) is 9.06. The van der Waals surface area contributed by atoms with E-state index in [0.29, 0.717) is 42.2 Å². The zero-order valence-electron chi connectivity index (χ0n) is 26.4. The number of sulfone groups is 1. The third kappa shape index (κ3) is 8.18. The second-order valence-corrected chi connectivity index (χ2v) is 13.4. The van der Waals surface area contributed by atoms with Crippen LogP contribution in [0.5, 0.6) is 11.5 Å². The molecule has 1 aliphatic heterocycles. The number of methoxy groups -OCH3 is 1. The smallest absolute Gasteiger partial charge is 0.266 e. The van der Waals surface area contributed by atoms with Crippen LogP contribution in [0.1, 0.15) is 41.2 Å². The van der Waals surface area contributed by atoms with E-state index in [-0.39, 0.29) is 29.6 Å². The summed E-state index contributed by atoms with van der Waals surface area (Å²) < 4.78 is 44.7. The molecule has 11 heteroatoms. The number of aliphatic imine (C=N–C) groups is 1. The quantitative estimate of drug-likeness (QED) is 0.124. The first kappa shape index (κ1) is 33.6. The lowest BCUT2D eigenvalue weighted by atomic mass is 9.85. The molecule has 0 radical (unpaired) electrons. The highest BCUT2D eigenvalue weighted by Gasteiger charge is 2.53. The van der Waals surface area contributed by atoms with Crippen molar-refractivity contribution in [1.82, 2.24) is 10.9 Å². The molecular weight excluding hydrogens is 618 g/mol. The number of aliphatic hydroxyl groups is 1. The van der Waals surface area contributed by atoms with Crippen molar-refractivity contribution in [1.29, 1.82) is 0 Å². The van der Waals surface area contributed by atoms with Gasteiger partial charge in [-0.3, -0.25) is 10.2 Å². The van der Waals surface area contributed by atoms with E-state index in [0.717, 1.165) is 11.1 Å². The van der Waals surface area contributed by atoms with Gasteiger partial charge in [0.05, 0.1) is 24.4 Å². The average molecular weight is 658 g/mol. The Hall–Kier alpha value is -4.71. The zero-order chi connectivity index (χ0) is 33.3. The summed E-state index contributed by atoms with van der Waals surface area (Å²) in [6.45, 7) is 2.71. The molecule has 3 N–H and O–H groups in total. The third-order valence-corrected chi connectivity index (χ3v) is 9.59. The van der Waals surface area contributed by atoms with Gasteiger partial charge in [0.25, 0.3) is 5.91 Å². The molecule has 0 saturated heterocycles. The van der Waals surface area contributed by atoms with Crippen molar-refractivity contribution in [2.45, 2.75) is 42.8 Å². The Morgan fingerprint density at radius 3 is 2.45 bits per heavy atom. The van der Waals surface area contributed by atoms with Gasteiger partial charge >= 0.3 is 0 Å². The number of hydrogen-bond acceptors (Lipinski definition) is 9. The summed E-state index contributed by atoms with van der Waals surface area (Å²) in [5.41, 5.74) is 7.36. The SMILES string of the molecule is COc1cccc([C@@H]2OC(c3ccc(OCCCO)cc3)=N[C@]2(CCS(=O)(=O)c2ccccc2)C(=O)NNCc2cccc(C)c2)c1. The molecule has 2 atom stereocenters. The van der Waals surface area contributed by atoms with E-state index < -0.39 is 27.4 Å². The van der Waals surface area contributed by atoms with Crippen LogP contribution in [0.4, 0.5) is 0 Å². The number of rotatable bonds is 15. The number of benzene rings is 4. The molecule has 1 heterocycles. The van der Waals surface area contributed by atoms with E-state index in [1.807, 2.05) is 31.2 Å². The number of aliphatic hydroxyl groups excluding tert-OH is 1. The van der Waals surface area contributed by atoms with Crippen molar-refractivity contribution in [3.63, 3.8) is 0 Å². The van der Waals surface area contributed by atoms with E-state index >= 15 is 0 Å². The van der Waals surface area contributed by atoms with Crippen LogP contribution in [0.15, 0.2) is 113 Å². The highest BCUT2D eigenvalue weighted by Crippen LogP contribution is 2.43. The molecule has 0 aliphatic carbocycles. The van der Waals surface area contributed by atoms with Crippen LogP contribution in [0.3, 0.4) is 0 Å². The number of nitrogens with one attached hydrogen (secondary N) is 2. The predicted octanol–water partition coefficient (Wildman–Crippen LogP) is 4.71. The molecule has 4 aromatic carbocycles. The molecule has 5 rings (SSSR count). The maximum absolute atomic E-state index is 14.4. The third-order valence-electron chi connectivity index (χ3n) is 7.86. The van der Waals surface area contributed by atoms with Crippen molar-refractivity contribution in [3.05, 3.63) is 125 Å². The molecule has 0 bridgehead atoms. The van der Waals surface area contributed by atoms with Crippen molar-refractivity contribution in [2.75, 3.05) is 26.1 Å². The Balaban J connectivity index is 1.53. The van der Waals surface area contributed by atoms with Crippen LogP contribution in [-0.4, -0.2) is 56.9 Å². The minimum absolute atomic E-state index is 0.0262. The van der Waals surface area contributed by atoms with Gasteiger partial charge in [-0.2, -0.15) is 0 Å². The number of amides is 1. The summed E-state index contributed by atoms with van der Waals surface area (Å²) in [7, 11) is -2.25. The maximum atomic E-state index is 14.4. The van der Waals surface area contributed by atoms with Crippen LogP contribution < -0.4 is 20.3 Å². The van der Waals surface area contributed by atoms with Crippen molar-refractivity contribution in [2.24, 2.45) is 4.99 Å². The number of hydrogen-bond donors (Lipinski definition) is 3. The van der Waals surface area contributed by atoms with Crippen LogP contribution in [0.25, 0.3) is 0 Å². The van der Waals surface area contributed by atoms with Gasteiger partial charge in [-0.05, 0) is 66.6 Å². The molecule has 0 fully saturated rings. The molecule has 0 unspecified atom stereocenters. The van der Waals surface area contributed by atoms with Crippen LogP contribution >= 0.6 is 0 Å². The first-order chi connectivity index (χ1) is 22.7. The van der Waals surface area contributed by atoms with Crippen molar-refractivity contribution in [3.8, 4) is 11.5 Å². The minimum atomic E-state index is -3.79. The van der Waals surface area contributed by atoms with Crippen molar-refractivity contribution >= 4 is 21.6 Å². The fraction of sp³-hybridized carbons (Fsp3) is 0.278. The molecule has 4 aromatic rings. The largest absolute Gasteiger partial charge is 0.497 e. The minimum Gasteiger partial charge on any atom is -0.497 e. The van der Waals surface area contributed by atoms with E-state index in [1.165, 1.54) is 12.1 Å². The van der Waals surface area contributed by atoms with Crippen molar-refractivity contribution < 1.29 is 32.5 Å². The Labute approximate surface area is 275 Å². The van der Waals surface area contributed by atoms with Gasteiger partial charge in [0.1, 0.15) is 11.5 Å². The molecule has 1 amide bonds. The monoisotopic (exact) mass is 657 g/mol. The Bertz CT molecular complexity index is 1800. The summed E-state index contributed by atoms with van der Waals surface area (Å²) in [6.07, 6.45) is -0.656. The Morgan fingerprint density at radius 1 is 0.957 bits per heavy atom. The summed E-state index contributed by atoms with van der Waals surface area (Å²) in [4.78, 5) is 19.4. The van der Waals surface area contributed by atoms with Gasteiger partial charge in [-0.25, -0.2) is 18.8 Å². The number of ether oxygens (including phenoxy) is 3. The first-order valence-corrected chi connectivity index (χ1v) is 17.0. The van der Waals surface area contributed by atoms with Crippen LogP contribution in [0, 0.1) is 6.92 Å². The van der Waals surface area contributed by atoms with Crippen LogP contribution in [-0.2, 0) is 25.9 Å². The molecule has 0 aromatic heterocycles. The number of hydrazine groups is 1.